The minimum absolute atomic E-state index is 0.315. The molecule has 2 atom stereocenters. The Morgan fingerprint density at radius 2 is 1.66 bits per heavy atom. The van der Waals surface area contributed by atoms with Crippen LogP contribution in [-0.4, -0.2) is 24.2 Å². The molecule has 0 radical (unpaired) electrons. The van der Waals surface area contributed by atoms with E-state index in [1.165, 1.54) is 61.3 Å². The first kappa shape index (κ1) is 26.3. The van der Waals surface area contributed by atoms with Gasteiger partial charge in [-0.2, -0.15) is 13.2 Å². The maximum atomic E-state index is 14.1. The number of unbranched alkanes of at least 4 members (excludes halogenated alkanes) is 7. The maximum absolute atomic E-state index is 14.1. The number of nitrogens with zero attached hydrogens (tertiary/aromatic N) is 1. The molecule has 1 heterocycles. The molecule has 0 aliphatic rings. The number of thiazole rings is 1. The highest BCUT2D eigenvalue weighted by molar-refractivity contribution is 7.09. The summed E-state index contributed by atoms with van der Waals surface area (Å²) in [6.07, 6.45) is 4.85. The fourth-order valence-electron chi connectivity index (χ4n) is 3.69. The first-order valence-corrected chi connectivity index (χ1v) is 12.0. The van der Waals surface area contributed by atoms with Crippen molar-refractivity contribution < 1.29 is 27.4 Å². The van der Waals surface area contributed by atoms with Crippen molar-refractivity contribution in [3.05, 3.63) is 52.5 Å². The van der Waals surface area contributed by atoms with Gasteiger partial charge in [-0.1, -0.05) is 82.2 Å². The molecule has 1 aromatic heterocycles. The molecule has 2 aromatic rings. The van der Waals surface area contributed by atoms with Gasteiger partial charge >= 0.3 is 12.1 Å². The van der Waals surface area contributed by atoms with Crippen molar-refractivity contribution in [2.45, 2.75) is 82.6 Å². The minimum atomic E-state index is -4.99. The van der Waals surface area contributed by atoms with Crippen molar-refractivity contribution in [2.75, 3.05) is 7.11 Å². The van der Waals surface area contributed by atoms with Crippen LogP contribution >= 0.6 is 11.3 Å². The summed E-state index contributed by atoms with van der Waals surface area (Å²) < 4.78 is 52.7. The normalized spacial score (nSPS) is 14.7. The number of halogens is 3. The summed E-state index contributed by atoms with van der Waals surface area (Å²) in [5.41, 5.74) is -3.51. The second-order valence-electron chi connectivity index (χ2n) is 7.78. The summed E-state index contributed by atoms with van der Waals surface area (Å²) >= 11 is 1.26. The molecule has 178 valence electrons. The van der Waals surface area contributed by atoms with Crippen molar-refractivity contribution in [2.24, 2.45) is 0 Å². The first-order chi connectivity index (χ1) is 15.4. The van der Waals surface area contributed by atoms with Gasteiger partial charge in [0, 0.05) is 24.3 Å². The van der Waals surface area contributed by atoms with E-state index in [0.717, 1.165) is 32.8 Å². The number of carbonyl (C=O) groups is 1. The number of carbonyl (C=O) groups excluding carboxylic acids is 1. The topological polar surface area (TPSA) is 48.4 Å². The third-order valence-corrected chi connectivity index (χ3v) is 6.34. The van der Waals surface area contributed by atoms with Crippen LogP contribution in [0.25, 0.3) is 0 Å². The molecule has 0 fully saturated rings. The molecule has 0 unspecified atom stereocenters. The molecule has 32 heavy (non-hydrogen) atoms. The molecular weight excluding hydrogens is 439 g/mol. The van der Waals surface area contributed by atoms with Crippen LogP contribution in [0.5, 0.6) is 0 Å². The van der Waals surface area contributed by atoms with E-state index in [1.807, 2.05) is 0 Å². The van der Waals surface area contributed by atoms with Gasteiger partial charge in [0.2, 0.25) is 0 Å². The molecule has 8 heteroatoms. The molecule has 4 nitrogen and oxygen atoms in total. The van der Waals surface area contributed by atoms with E-state index in [1.54, 1.807) is 17.6 Å². The van der Waals surface area contributed by atoms with E-state index in [-0.39, 0.29) is 5.56 Å². The lowest BCUT2D eigenvalue weighted by Gasteiger charge is -2.33. The number of alkyl halides is 3. The Kier molecular flexibility index (Phi) is 10.6. The zero-order valence-electron chi connectivity index (χ0n) is 18.7. The van der Waals surface area contributed by atoms with Crippen LogP contribution in [0.3, 0.4) is 0 Å². The average molecular weight is 472 g/mol. The fraction of sp³-hybridized carbons (Fsp3) is 0.583. The Morgan fingerprint density at radius 3 is 2.19 bits per heavy atom. The molecule has 0 saturated carbocycles. The van der Waals surface area contributed by atoms with Gasteiger partial charge in [0.25, 0.3) is 5.60 Å². The summed E-state index contributed by atoms with van der Waals surface area (Å²) in [6.45, 7) is 2.18. The van der Waals surface area contributed by atoms with E-state index in [4.69, 9.17) is 9.47 Å². The lowest BCUT2D eigenvalue weighted by Crippen LogP contribution is -2.52. The largest absolute Gasteiger partial charge is 0.452 e. The highest BCUT2D eigenvalue weighted by Gasteiger charge is 2.64. The zero-order chi connectivity index (χ0) is 23.5. The minimum Gasteiger partial charge on any atom is -0.452 e. The maximum Gasteiger partial charge on any atom is 0.432 e. The van der Waals surface area contributed by atoms with E-state index in [9.17, 15) is 18.0 Å². The summed E-state index contributed by atoms with van der Waals surface area (Å²) in [4.78, 5) is 17.2. The van der Waals surface area contributed by atoms with Gasteiger partial charge in [-0.3, -0.25) is 0 Å². The molecule has 0 bridgehead atoms. The van der Waals surface area contributed by atoms with E-state index in [0.29, 0.717) is 11.4 Å². The van der Waals surface area contributed by atoms with Crippen molar-refractivity contribution >= 4 is 17.3 Å². The van der Waals surface area contributed by atoms with Crippen molar-refractivity contribution in [3.8, 4) is 0 Å². The summed E-state index contributed by atoms with van der Waals surface area (Å²) in [5.74, 6) is -1.47. The zero-order valence-corrected chi connectivity index (χ0v) is 19.5. The van der Waals surface area contributed by atoms with Gasteiger partial charge < -0.3 is 9.47 Å². The highest BCUT2D eigenvalue weighted by Crippen LogP contribution is 2.44. The second kappa shape index (κ2) is 12.9. The Bertz CT molecular complexity index is 784. The Balaban J connectivity index is 2.09. The van der Waals surface area contributed by atoms with Crippen LogP contribution in [0.4, 0.5) is 13.2 Å². The quantitative estimate of drug-likeness (QED) is 0.213. The number of esters is 1. The predicted molar refractivity (Wildman–Crippen MR) is 119 cm³/mol. The number of aromatic nitrogens is 1. The number of ether oxygens (including phenoxy) is 2. The highest BCUT2D eigenvalue weighted by atomic mass is 32.1. The van der Waals surface area contributed by atoms with Crippen molar-refractivity contribution in [1.29, 1.82) is 0 Å². The van der Waals surface area contributed by atoms with Crippen LogP contribution < -0.4 is 0 Å². The van der Waals surface area contributed by atoms with Gasteiger partial charge in [-0.15, -0.1) is 11.3 Å². The molecule has 0 amide bonds. The number of hydrogen-bond donors (Lipinski definition) is 0. The second-order valence-corrected chi connectivity index (χ2v) is 8.70. The molecule has 0 N–H and O–H groups in total. The van der Waals surface area contributed by atoms with Gasteiger partial charge in [-0.25, -0.2) is 9.78 Å². The molecule has 1 aromatic carbocycles. The van der Waals surface area contributed by atoms with Crippen LogP contribution in [0.1, 0.15) is 81.4 Å². The number of rotatable bonds is 14. The van der Waals surface area contributed by atoms with Crippen LogP contribution in [-0.2, 0) is 19.9 Å². The Morgan fingerprint density at radius 1 is 1.03 bits per heavy atom. The molecule has 0 spiro atoms. The third-order valence-electron chi connectivity index (χ3n) is 5.47. The van der Waals surface area contributed by atoms with Crippen molar-refractivity contribution in [1.82, 2.24) is 4.98 Å². The number of methoxy groups -OCH3 is 1. The lowest BCUT2D eigenvalue weighted by molar-refractivity contribution is -0.278. The number of benzene rings is 1. The fourth-order valence-corrected chi connectivity index (χ4v) is 4.39. The molecule has 0 saturated heterocycles. The SMILES string of the molecule is CCCCCCCCCC[C@H](OC(=O)[C@@](OC)(c1ccccc1)C(F)(F)F)c1nccs1. The van der Waals surface area contributed by atoms with Crippen molar-refractivity contribution in [3.63, 3.8) is 0 Å². The Labute approximate surface area is 192 Å². The molecule has 2 rings (SSSR count). The average Bonchev–Trinajstić information content (AvgIpc) is 3.30. The van der Waals surface area contributed by atoms with Gasteiger partial charge in [-0.05, 0) is 12.8 Å². The summed E-state index contributed by atoms with van der Waals surface area (Å²) in [5, 5.41) is 2.20. The molecule has 0 aliphatic carbocycles. The predicted octanol–water partition coefficient (Wildman–Crippen LogP) is 7.36. The van der Waals surface area contributed by atoms with Crippen LogP contribution in [0.2, 0.25) is 0 Å². The number of hydrogen-bond acceptors (Lipinski definition) is 5. The van der Waals surface area contributed by atoms with Gasteiger partial charge in [0.15, 0.2) is 6.10 Å². The smallest absolute Gasteiger partial charge is 0.432 e. The monoisotopic (exact) mass is 471 g/mol. The van der Waals surface area contributed by atoms with Gasteiger partial charge in [0.05, 0.1) is 0 Å². The van der Waals surface area contributed by atoms with Crippen LogP contribution in [0, 0.1) is 0 Å². The van der Waals surface area contributed by atoms with Gasteiger partial charge in [0.1, 0.15) is 5.01 Å². The van der Waals surface area contributed by atoms with Crippen LogP contribution in [0.15, 0.2) is 41.9 Å². The lowest BCUT2D eigenvalue weighted by atomic mass is 9.92. The van der Waals surface area contributed by atoms with E-state index >= 15 is 0 Å². The molecular formula is C24H32F3NO3S. The first-order valence-electron chi connectivity index (χ1n) is 11.1. The Hall–Kier alpha value is -1.93. The third kappa shape index (κ3) is 6.78. The van der Waals surface area contributed by atoms with E-state index < -0.39 is 23.9 Å². The summed E-state index contributed by atoms with van der Waals surface area (Å²) in [7, 11) is 0.874. The standard InChI is InChI=1S/C24H32F3NO3S/c1-3-4-5-6-7-8-9-13-16-20(21-28-17-18-32-21)31-22(29)23(30-2,24(25,26)27)19-14-11-10-12-15-19/h10-12,14-15,17-18,20H,3-9,13,16H2,1-2H3/t20-,23-/m0/s1. The summed E-state index contributed by atoms with van der Waals surface area (Å²) in [6, 6.07) is 6.87. The molecule has 0 aliphatic heterocycles. The van der Waals surface area contributed by atoms with E-state index in [2.05, 4.69) is 11.9 Å².